The van der Waals surface area contributed by atoms with Gasteiger partial charge < -0.3 is 4.90 Å². The van der Waals surface area contributed by atoms with Crippen LogP contribution in [0, 0.1) is 11.7 Å². The standard InChI is InChI=1S/C27H28FN3O2S2/c1-18-15-23-25(35-18)26(33)31(22-9-7-21(28)8-10-22)27(29-23)34-17-24(32)30-13-11-20(12-14-30)16-19-5-3-2-4-6-19/h2-10,18,20H,11-17H2,1H3. The molecule has 0 radical (unpaired) electrons. The first-order valence-electron chi connectivity index (χ1n) is 12.0. The molecular weight excluding hydrogens is 481 g/mol. The summed E-state index contributed by atoms with van der Waals surface area (Å²) < 4.78 is 15.0. The molecule has 1 amide bonds. The van der Waals surface area contributed by atoms with Crippen LogP contribution in [0.1, 0.15) is 31.0 Å². The van der Waals surface area contributed by atoms with Crippen molar-refractivity contribution in [1.82, 2.24) is 14.5 Å². The van der Waals surface area contributed by atoms with Crippen molar-refractivity contribution >= 4 is 29.4 Å². The maximum atomic E-state index is 13.5. The number of fused-ring (bicyclic) bond motifs is 1. The van der Waals surface area contributed by atoms with Crippen molar-refractivity contribution in [1.29, 1.82) is 0 Å². The minimum absolute atomic E-state index is 0.0660. The molecule has 5 rings (SSSR count). The van der Waals surface area contributed by atoms with E-state index in [1.807, 2.05) is 11.0 Å². The molecule has 5 nitrogen and oxygen atoms in total. The van der Waals surface area contributed by atoms with E-state index in [0.717, 1.165) is 44.5 Å². The molecule has 1 saturated heterocycles. The van der Waals surface area contributed by atoms with E-state index >= 15 is 0 Å². The summed E-state index contributed by atoms with van der Waals surface area (Å²) in [6, 6.07) is 16.3. The average molecular weight is 510 g/mol. The third kappa shape index (κ3) is 5.48. The average Bonchev–Trinajstić information content (AvgIpc) is 3.25. The fourth-order valence-electron chi connectivity index (χ4n) is 4.77. The van der Waals surface area contributed by atoms with E-state index < -0.39 is 0 Å². The van der Waals surface area contributed by atoms with Crippen molar-refractivity contribution in [3.05, 3.63) is 82.0 Å². The maximum absolute atomic E-state index is 13.5. The topological polar surface area (TPSA) is 55.2 Å². The molecule has 0 spiro atoms. The quantitative estimate of drug-likeness (QED) is 0.347. The molecule has 8 heteroatoms. The fourth-order valence-corrected chi connectivity index (χ4v) is 6.79. The summed E-state index contributed by atoms with van der Waals surface area (Å²) in [7, 11) is 0. The molecule has 0 saturated carbocycles. The third-order valence-electron chi connectivity index (χ3n) is 6.63. The lowest BCUT2D eigenvalue weighted by molar-refractivity contribution is -0.129. The molecule has 3 aromatic rings. The van der Waals surface area contributed by atoms with Crippen LogP contribution in [0.25, 0.3) is 5.69 Å². The largest absolute Gasteiger partial charge is 0.342 e. The van der Waals surface area contributed by atoms with E-state index in [2.05, 4.69) is 31.2 Å². The first kappa shape index (κ1) is 24.1. The highest BCUT2D eigenvalue weighted by molar-refractivity contribution is 8.00. The minimum atomic E-state index is -0.362. The van der Waals surface area contributed by atoms with Gasteiger partial charge in [-0.1, -0.05) is 49.0 Å². The number of likely N-dealkylation sites (tertiary alicyclic amines) is 1. The molecule has 3 heterocycles. The van der Waals surface area contributed by atoms with Crippen LogP contribution in [0.5, 0.6) is 0 Å². The molecule has 2 aliphatic rings. The SMILES string of the molecule is CC1Cc2nc(SCC(=O)N3CCC(Cc4ccccc4)CC3)n(-c3ccc(F)cc3)c(=O)c2S1. The van der Waals surface area contributed by atoms with Gasteiger partial charge in [0.25, 0.3) is 5.56 Å². The van der Waals surface area contributed by atoms with Crippen molar-refractivity contribution in [3.63, 3.8) is 0 Å². The number of carbonyl (C=O) groups is 1. The van der Waals surface area contributed by atoms with Crippen LogP contribution in [0.2, 0.25) is 0 Å². The van der Waals surface area contributed by atoms with E-state index in [9.17, 15) is 14.0 Å². The molecule has 1 fully saturated rings. The van der Waals surface area contributed by atoms with Crippen molar-refractivity contribution in [3.8, 4) is 5.69 Å². The number of nitrogens with zero attached hydrogens (tertiary/aromatic N) is 3. The summed E-state index contributed by atoms with van der Waals surface area (Å²) in [6.07, 6.45) is 3.78. The number of thioether (sulfide) groups is 2. The van der Waals surface area contributed by atoms with Crippen LogP contribution < -0.4 is 5.56 Å². The number of amides is 1. The fraction of sp³-hybridized carbons (Fsp3) is 0.370. The van der Waals surface area contributed by atoms with Crippen LogP contribution in [-0.2, 0) is 17.6 Å². The minimum Gasteiger partial charge on any atom is -0.342 e. The van der Waals surface area contributed by atoms with Crippen LogP contribution in [0.3, 0.4) is 0 Å². The summed E-state index contributed by atoms with van der Waals surface area (Å²) in [5, 5.41) is 0.772. The number of hydrogen-bond acceptors (Lipinski definition) is 5. The van der Waals surface area contributed by atoms with Gasteiger partial charge in [-0.25, -0.2) is 9.37 Å². The molecule has 2 aromatic carbocycles. The highest BCUT2D eigenvalue weighted by atomic mass is 32.2. The van der Waals surface area contributed by atoms with E-state index in [0.29, 0.717) is 21.7 Å². The number of carbonyl (C=O) groups excluding carboxylic acids is 1. The molecule has 0 bridgehead atoms. The Morgan fingerprint density at radius 3 is 2.54 bits per heavy atom. The number of aromatic nitrogens is 2. The Balaban J connectivity index is 1.27. The first-order chi connectivity index (χ1) is 17.0. The van der Waals surface area contributed by atoms with Gasteiger partial charge >= 0.3 is 0 Å². The number of hydrogen-bond donors (Lipinski definition) is 0. The summed E-state index contributed by atoms with van der Waals surface area (Å²) in [4.78, 5) is 33.7. The Bertz CT molecular complexity index is 1260. The monoisotopic (exact) mass is 509 g/mol. The Morgan fingerprint density at radius 1 is 1.11 bits per heavy atom. The third-order valence-corrected chi connectivity index (χ3v) is 8.76. The predicted molar refractivity (Wildman–Crippen MR) is 139 cm³/mol. The summed E-state index contributed by atoms with van der Waals surface area (Å²) in [5.74, 6) is 0.518. The van der Waals surface area contributed by atoms with Crippen molar-refractivity contribution < 1.29 is 9.18 Å². The van der Waals surface area contributed by atoms with Crippen LogP contribution in [0.4, 0.5) is 4.39 Å². The zero-order valence-corrected chi connectivity index (χ0v) is 21.3. The highest BCUT2D eigenvalue weighted by Gasteiger charge is 2.28. The Labute approximate surface area is 213 Å². The second-order valence-electron chi connectivity index (χ2n) is 9.22. The second-order valence-corrected chi connectivity index (χ2v) is 11.6. The Kier molecular flexibility index (Phi) is 7.29. The lowest BCUT2D eigenvalue weighted by Crippen LogP contribution is -2.40. The van der Waals surface area contributed by atoms with Crippen LogP contribution in [-0.4, -0.2) is 44.5 Å². The second kappa shape index (κ2) is 10.6. The lowest BCUT2D eigenvalue weighted by Gasteiger charge is -2.32. The molecule has 182 valence electrons. The molecular formula is C27H28FN3O2S2. The Morgan fingerprint density at radius 2 is 1.83 bits per heavy atom. The van der Waals surface area contributed by atoms with E-state index in [4.69, 9.17) is 4.98 Å². The van der Waals surface area contributed by atoms with Gasteiger partial charge in [0.2, 0.25) is 5.91 Å². The van der Waals surface area contributed by atoms with Gasteiger partial charge in [-0.05, 0) is 55.0 Å². The maximum Gasteiger partial charge on any atom is 0.272 e. The lowest BCUT2D eigenvalue weighted by atomic mass is 9.90. The predicted octanol–water partition coefficient (Wildman–Crippen LogP) is 4.98. The van der Waals surface area contributed by atoms with Gasteiger partial charge in [0.05, 0.1) is 22.0 Å². The van der Waals surface area contributed by atoms with E-state index in [1.165, 1.54) is 45.8 Å². The zero-order valence-electron chi connectivity index (χ0n) is 19.7. The van der Waals surface area contributed by atoms with E-state index in [1.54, 1.807) is 12.1 Å². The zero-order chi connectivity index (χ0) is 24.4. The molecule has 2 aliphatic heterocycles. The van der Waals surface area contributed by atoms with Gasteiger partial charge in [-0.15, -0.1) is 11.8 Å². The van der Waals surface area contributed by atoms with Gasteiger partial charge in [-0.3, -0.25) is 14.2 Å². The number of rotatable bonds is 6. The van der Waals surface area contributed by atoms with E-state index in [-0.39, 0.29) is 28.3 Å². The molecule has 1 unspecified atom stereocenters. The van der Waals surface area contributed by atoms with Crippen molar-refractivity contribution in [2.45, 2.75) is 47.9 Å². The summed E-state index contributed by atoms with van der Waals surface area (Å²) in [5.41, 5.74) is 2.56. The summed E-state index contributed by atoms with van der Waals surface area (Å²) >= 11 is 2.82. The first-order valence-corrected chi connectivity index (χ1v) is 13.9. The summed E-state index contributed by atoms with van der Waals surface area (Å²) in [6.45, 7) is 3.59. The van der Waals surface area contributed by atoms with Gasteiger partial charge in [0.15, 0.2) is 5.16 Å². The molecule has 35 heavy (non-hydrogen) atoms. The normalized spacial score (nSPS) is 18.0. The van der Waals surface area contributed by atoms with Gasteiger partial charge in [0.1, 0.15) is 5.82 Å². The molecule has 0 N–H and O–H groups in total. The molecule has 0 aliphatic carbocycles. The molecule has 1 aromatic heterocycles. The Hall–Kier alpha value is -2.58. The van der Waals surface area contributed by atoms with Gasteiger partial charge in [0, 0.05) is 24.8 Å². The van der Waals surface area contributed by atoms with Crippen LogP contribution >= 0.6 is 23.5 Å². The van der Waals surface area contributed by atoms with Crippen LogP contribution in [0.15, 0.2) is 69.4 Å². The number of halogens is 1. The smallest absolute Gasteiger partial charge is 0.272 e. The highest BCUT2D eigenvalue weighted by Crippen LogP contribution is 2.35. The van der Waals surface area contributed by atoms with Crippen molar-refractivity contribution in [2.24, 2.45) is 5.92 Å². The van der Waals surface area contributed by atoms with Gasteiger partial charge in [-0.2, -0.15) is 0 Å². The van der Waals surface area contributed by atoms with Crippen molar-refractivity contribution in [2.75, 3.05) is 18.8 Å². The number of benzene rings is 2. The molecule has 1 atom stereocenters. The number of piperidine rings is 1.